The second-order valence-electron chi connectivity index (χ2n) is 10.9. The number of hydroxylamine groups is 2. The molecular formula is C23H29F4NO5S. The van der Waals surface area contributed by atoms with Crippen LogP contribution in [0, 0.1) is 35.0 Å². The van der Waals surface area contributed by atoms with Gasteiger partial charge < -0.3 is 4.74 Å². The molecule has 2 amide bonds. The van der Waals surface area contributed by atoms with E-state index in [1.54, 1.807) is 0 Å². The Balaban J connectivity index is 1.13. The molecule has 6 rings (SSSR count). The number of imide groups is 1. The van der Waals surface area contributed by atoms with Gasteiger partial charge in [-0.1, -0.05) is 12.8 Å². The minimum absolute atomic E-state index is 0.211. The lowest BCUT2D eigenvalue weighted by molar-refractivity contribution is -0.187. The molecule has 0 N–H and O–H groups in total. The molecule has 4 bridgehead atoms. The first-order chi connectivity index (χ1) is 16.0. The first-order valence-corrected chi connectivity index (χ1v) is 12.9. The van der Waals surface area contributed by atoms with Crippen molar-refractivity contribution in [1.29, 1.82) is 0 Å². The van der Waals surface area contributed by atoms with Crippen molar-refractivity contribution in [2.75, 3.05) is 6.61 Å². The lowest BCUT2D eigenvalue weighted by atomic mass is 9.49. The number of halogens is 4. The van der Waals surface area contributed by atoms with Gasteiger partial charge in [0.1, 0.15) is 12.0 Å². The Hall–Kier alpha value is -1.36. The van der Waals surface area contributed by atoms with Crippen molar-refractivity contribution in [3.63, 3.8) is 0 Å². The van der Waals surface area contributed by atoms with Crippen LogP contribution >= 0.6 is 12.0 Å². The molecule has 5 saturated carbocycles. The van der Waals surface area contributed by atoms with Gasteiger partial charge in [-0.3, -0.25) is 14.4 Å². The molecule has 0 aromatic heterocycles. The molecule has 6 fully saturated rings. The van der Waals surface area contributed by atoms with Crippen molar-refractivity contribution in [3.05, 3.63) is 0 Å². The summed E-state index contributed by atoms with van der Waals surface area (Å²) in [5, 5.41) is -4.52. The third kappa shape index (κ3) is 4.14. The van der Waals surface area contributed by atoms with Crippen LogP contribution < -0.4 is 0 Å². The third-order valence-electron chi connectivity index (χ3n) is 8.56. The molecule has 5 aliphatic carbocycles. The number of hydrogen-bond acceptors (Lipinski definition) is 6. The van der Waals surface area contributed by atoms with Gasteiger partial charge in [-0.05, 0) is 69.1 Å². The fourth-order valence-electron chi connectivity index (χ4n) is 7.28. The molecule has 1 heterocycles. The van der Waals surface area contributed by atoms with Crippen molar-refractivity contribution in [3.8, 4) is 0 Å². The summed E-state index contributed by atoms with van der Waals surface area (Å²) in [6.07, 6.45) is 6.32. The summed E-state index contributed by atoms with van der Waals surface area (Å²) < 4.78 is 67.0. The minimum atomic E-state index is -4.73. The van der Waals surface area contributed by atoms with Crippen molar-refractivity contribution >= 4 is 29.8 Å². The van der Waals surface area contributed by atoms with Gasteiger partial charge >= 0.3 is 17.1 Å². The molecule has 0 aromatic rings. The van der Waals surface area contributed by atoms with Gasteiger partial charge in [0, 0.05) is 0 Å². The van der Waals surface area contributed by atoms with Crippen LogP contribution in [0.2, 0.25) is 0 Å². The van der Waals surface area contributed by atoms with E-state index in [0.29, 0.717) is 49.9 Å². The van der Waals surface area contributed by atoms with Gasteiger partial charge in [-0.25, -0.2) is 0 Å². The molecule has 0 spiro atoms. The topological polar surface area (TPSA) is 72.9 Å². The van der Waals surface area contributed by atoms with E-state index in [0.717, 1.165) is 32.1 Å². The predicted molar refractivity (Wildman–Crippen MR) is 112 cm³/mol. The zero-order chi connectivity index (χ0) is 24.3. The zero-order valence-electron chi connectivity index (χ0n) is 18.8. The molecule has 6 nitrogen and oxygen atoms in total. The Labute approximate surface area is 199 Å². The highest BCUT2D eigenvalue weighted by Gasteiger charge is 2.60. The monoisotopic (exact) mass is 507 g/mol. The molecule has 34 heavy (non-hydrogen) atoms. The Morgan fingerprint density at radius 2 is 1.44 bits per heavy atom. The molecule has 1 aliphatic heterocycles. The van der Waals surface area contributed by atoms with Crippen LogP contribution in [0.4, 0.5) is 17.6 Å². The van der Waals surface area contributed by atoms with Gasteiger partial charge in [0.05, 0.1) is 30.3 Å². The standard InChI is InChI=1S/C23H29F4NO5S/c24-22(25,5-6-32-20(31)21-10-13-7-14(11-21)9-15(8-13)12-21)23(26,27)34-33-28-18(29)16-3-1-2-4-17(16)19(28)30/h13-17H,1-12H2. The number of fused-ring (bicyclic) bond motifs is 1. The molecule has 2 atom stereocenters. The van der Waals surface area contributed by atoms with E-state index < -0.39 is 71.3 Å². The van der Waals surface area contributed by atoms with Crippen molar-refractivity contribution in [2.24, 2.45) is 35.0 Å². The zero-order valence-corrected chi connectivity index (χ0v) is 19.6. The van der Waals surface area contributed by atoms with E-state index in [4.69, 9.17) is 4.74 Å². The fraction of sp³-hybridized carbons (Fsp3) is 0.870. The lowest BCUT2D eigenvalue weighted by Crippen LogP contribution is -2.50. The number of hydrogen-bond donors (Lipinski definition) is 0. The number of amides is 2. The number of nitrogens with zero attached hydrogens (tertiary/aromatic N) is 1. The number of esters is 1. The maximum Gasteiger partial charge on any atom is 0.382 e. The maximum absolute atomic E-state index is 14.3. The van der Waals surface area contributed by atoms with Crippen molar-refractivity contribution in [1.82, 2.24) is 5.06 Å². The second-order valence-corrected chi connectivity index (χ2v) is 11.8. The van der Waals surface area contributed by atoms with Crippen LogP contribution in [0.1, 0.15) is 70.6 Å². The van der Waals surface area contributed by atoms with Crippen LogP contribution in [0.3, 0.4) is 0 Å². The van der Waals surface area contributed by atoms with E-state index in [1.807, 2.05) is 0 Å². The summed E-state index contributed by atoms with van der Waals surface area (Å²) in [5.41, 5.74) is -0.655. The first kappa shape index (κ1) is 24.3. The molecular weight excluding hydrogens is 478 g/mol. The highest BCUT2D eigenvalue weighted by molar-refractivity contribution is 7.95. The molecule has 0 aromatic carbocycles. The number of alkyl halides is 4. The molecule has 2 unspecified atom stereocenters. The number of carbonyl (C=O) groups excluding carboxylic acids is 3. The van der Waals surface area contributed by atoms with Gasteiger partial charge in [-0.2, -0.15) is 21.8 Å². The molecule has 190 valence electrons. The Bertz CT molecular complexity index is 809. The van der Waals surface area contributed by atoms with Gasteiger partial charge in [0.2, 0.25) is 0 Å². The third-order valence-corrected chi connectivity index (χ3v) is 9.29. The van der Waals surface area contributed by atoms with E-state index in [2.05, 4.69) is 4.28 Å². The highest BCUT2D eigenvalue weighted by atomic mass is 32.2. The summed E-state index contributed by atoms with van der Waals surface area (Å²) in [6.45, 7) is -0.838. The molecule has 1 saturated heterocycles. The number of rotatable bonds is 8. The first-order valence-electron chi connectivity index (χ1n) is 12.2. The molecule has 6 aliphatic rings. The van der Waals surface area contributed by atoms with E-state index in [-0.39, 0.29) is 5.06 Å². The normalized spacial score (nSPS) is 37.3. The Kier molecular flexibility index (Phi) is 6.18. The average molecular weight is 508 g/mol. The van der Waals surface area contributed by atoms with Crippen LogP contribution in [0.25, 0.3) is 0 Å². The molecule has 11 heteroatoms. The lowest BCUT2D eigenvalue weighted by Gasteiger charge is -2.55. The summed E-state index contributed by atoms with van der Waals surface area (Å²) in [4.78, 5) is 37.4. The summed E-state index contributed by atoms with van der Waals surface area (Å²) in [5.74, 6) is -6.55. The van der Waals surface area contributed by atoms with Crippen LogP contribution in [-0.2, 0) is 23.4 Å². The quantitative estimate of drug-likeness (QED) is 0.197. The smallest absolute Gasteiger partial charge is 0.382 e. The van der Waals surface area contributed by atoms with E-state index >= 15 is 0 Å². The number of ether oxygens (including phenoxy) is 1. The Morgan fingerprint density at radius 3 is 1.94 bits per heavy atom. The van der Waals surface area contributed by atoms with Crippen LogP contribution in [-0.4, -0.2) is 40.6 Å². The second kappa shape index (κ2) is 8.64. The van der Waals surface area contributed by atoms with Gasteiger partial charge in [0.25, 0.3) is 11.8 Å². The highest BCUT2D eigenvalue weighted by Crippen LogP contribution is 2.60. The summed E-state index contributed by atoms with van der Waals surface area (Å²) in [6, 6.07) is 0. The molecule has 0 radical (unpaired) electrons. The van der Waals surface area contributed by atoms with Gasteiger partial charge in [-0.15, -0.1) is 5.06 Å². The maximum atomic E-state index is 14.3. The Morgan fingerprint density at radius 1 is 0.941 bits per heavy atom. The average Bonchev–Trinajstić information content (AvgIpc) is 3.01. The van der Waals surface area contributed by atoms with Gasteiger partial charge in [0.15, 0.2) is 0 Å². The minimum Gasteiger partial charge on any atom is -0.465 e. The number of carbonyl (C=O) groups is 3. The summed E-state index contributed by atoms with van der Waals surface area (Å²) in [7, 11) is 0. The largest absolute Gasteiger partial charge is 0.465 e. The summed E-state index contributed by atoms with van der Waals surface area (Å²) >= 11 is -0.898. The van der Waals surface area contributed by atoms with E-state index in [9.17, 15) is 31.9 Å². The predicted octanol–water partition coefficient (Wildman–Crippen LogP) is 5.12. The SMILES string of the molecule is O=C1C2CCCCC2C(=O)N1OSC(F)(F)C(F)(F)CCOC(=O)C12CC3CC(CC(C3)C1)C2. The van der Waals surface area contributed by atoms with Crippen molar-refractivity contribution < 1.29 is 41.0 Å². The van der Waals surface area contributed by atoms with Crippen molar-refractivity contribution in [2.45, 2.75) is 81.8 Å². The fourth-order valence-corrected chi connectivity index (χ4v) is 7.82. The van der Waals surface area contributed by atoms with Crippen LogP contribution in [0.15, 0.2) is 0 Å². The van der Waals surface area contributed by atoms with E-state index in [1.165, 1.54) is 0 Å². The van der Waals surface area contributed by atoms with Crippen LogP contribution in [0.5, 0.6) is 0 Å².